The molecule has 26 heavy (non-hydrogen) atoms. The predicted molar refractivity (Wildman–Crippen MR) is 103 cm³/mol. The highest BCUT2D eigenvalue weighted by Crippen LogP contribution is 2.28. The maximum absolute atomic E-state index is 12.9. The van der Waals surface area contributed by atoms with Crippen molar-refractivity contribution in [1.82, 2.24) is 20.4 Å². The fourth-order valence-corrected chi connectivity index (χ4v) is 3.71. The second-order valence-electron chi connectivity index (χ2n) is 7.32. The normalized spacial score (nSPS) is 15.6. The predicted octanol–water partition coefficient (Wildman–Crippen LogP) is 2.33. The highest BCUT2D eigenvalue weighted by molar-refractivity contribution is 5.86. The highest BCUT2D eigenvalue weighted by Gasteiger charge is 2.44. The van der Waals surface area contributed by atoms with Crippen molar-refractivity contribution in [2.45, 2.75) is 19.9 Å². The summed E-state index contributed by atoms with van der Waals surface area (Å²) in [4.78, 5) is 12.9. The zero-order valence-electron chi connectivity index (χ0n) is 15.2. The number of amides is 1. The number of hydrogen-bond acceptors (Lipinski definition) is 3. The Morgan fingerprint density at radius 3 is 2.69 bits per heavy atom. The molecule has 0 unspecified atom stereocenters. The minimum atomic E-state index is -0.359. The molecule has 3 aromatic rings. The lowest BCUT2D eigenvalue weighted by Crippen LogP contribution is -2.62. The molecule has 5 heteroatoms. The molecular formula is C21H24N4O. The number of aromatic nitrogens is 2. The lowest BCUT2D eigenvalue weighted by molar-refractivity contribution is -0.134. The summed E-state index contributed by atoms with van der Waals surface area (Å²) >= 11 is 0. The van der Waals surface area contributed by atoms with Gasteiger partial charge in [-0.2, -0.15) is 5.10 Å². The maximum atomic E-state index is 12.9. The van der Waals surface area contributed by atoms with Crippen molar-refractivity contribution in [2.24, 2.45) is 12.5 Å². The summed E-state index contributed by atoms with van der Waals surface area (Å²) in [5.41, 5.74) is 4.04. The molecule has 0 aliphatic carbocycles. The number of benzene rings is 2. The number of rotatable bonds is 5. The van der Waals surface area contributed by atoms with E-state index in [1.807, 2.05) is 29.9 Å². The summed E-state index contributed by atoms with van der Waals surface area (Å²) in [5, 5.41) is 12.1. The molecule has 1 aliphatic heterocycles. The number of nitrogens with one attached hydrogen (secondary N) is 2. The summed E-state index contributed by atoms with van der Waals surface area (Å²) in [7, 11) is 1.94. The van der Waals surface area contributed by atoms with Crippen LogP contribution in [0, 0.1) is 12.3 Å². The first kappa shape index (κ1) is 16.8. The standard InChI is InChI=1S/C21H24N4O/c1-15-8-9-19-17(10-15)18(24-25(19)2)12-23-20(26)21(13-22-14-21)11-16-6-4-3-5-7-16/h3-10,22H,11-14H2,1-2H3,(H,23,26). The topological polar surface area (TPSA) is 59.0 Å². The maximum Gasteiger partial charge on any atom is 0.229 e. The number of fused-ring (bicyclic) bond motifs is 1. The van der Waals surface area contributed by atoms with E-state index in [1.165, 1.54) is 11.1 Å². The van der Waals surface area contributed by atoms with Gasteiger partial charge in [0.25, 0.3) is 0 Å². The number of hydrogen-bond donors (Lipinski definition) is 2. The fraction of sp³-hybridized carbons (Fsp3) is 0.333. The van der Waals surface area contributed by atoms with E-state index in [0.717, 1.165) is 36.1 Å². The van der Waals surface area contributed by atoms with E-state index >= 15 is 0 Å². The molecule has 2 aromatic carbocycles. The third kappa shape index (κ3) is 2.99. The van der Waals surface area contributed by atoms with E-state index in [0.29, 0.717) is 6.54 Å². The van der Waals surface area contributed by atoms with Gasteiger partial charge in [-0.15, -0.1) is 0 Å². The van der Waals surface area contributed by atoms with Crippen LogP contribution in [0.3, 0.4) is 0 Å². The molecule has 1 aromatic heterocycles. The van der Waals surface area contributed by atoms with Gasteiger partial charge in [-0.05, 0) is 31.0 Å². The second kappa shape index (κ2) is 6.57. The van der Waals surface area contributed by atoms with Crippen molar-refractivity contribution in [3.63, 3.8) is 0 Å². The lowest BCUT2D eigenvalue weighted by atomic mass is 9.75. The molecule has 2 heterocycles. The zero-order valence-corrected chi connectivity index (χ0v) is 15.2. The lowest BCUT2D eigenvalue weighted by Gasteiger charge is -2.41. The smallest absolute Gasteiger partial charge is 0.229 e. The average molecular weight is 348 g/mol. The minimum Gasteiger partial charge on any atom is -0.350 e. The Kier molecular flexibility index (Phi) is 4.24. The van der Waals surface area contributed by atoms with Crippen molar-refractivity contribution in [2.75, 3.05) is 13.1 Å². The zero-order chi connectivity index (χ0) is 18.1. The number of aryl methyl sites for hydroxylation is 2. The van der Waals surface area contributed by atoms with Crippen LogP contribution in [0.5, 0.6) is 0 Å². The Morgan fingerprint density at radius 1 is 1.23 bits per heavy atom. The van der Waals surface area contributed by atoms with Crippen molar-refractivity contribution in [1.29, 1.82) is 0 Å². The van der Waals surface area contributed by atoms with E-state index in [-0.39, 0.29) is 11.3 Å². The summed E-state index contributed by atoms with van der Waals surface area (Å²) < 4.78 is 1.88. The Hall–Kier alpha value is -2.66. The van der Waals surface area contributed by atoms with Crippen LogP contribution >= 0.6 is 0 Å². The first-order valence-corrected chi connectivity index (χ1v) is 9.03. The molecule has 134 valence electrons. The summed E-state index contributed by atoms with van der Waals surface area (Å²) in [6.07, 6.45) is 0.759. The average Bonchev–Trinajstić information content (AvgIpc) is 2.92. The third-order valence-electron chi connectivity index (χ3n) is 5.29. The second-order valence-corrected chi connectivity index (χ2v) is 7.32. The van der Waals surface area contributed by atoms with Gasteiger partial charge in [0.05, 0.1) is 23.2 Å². The third-order valence-corrected chi connectivity index (χ3v) is 5.29. The van der Waals surface area contributed by atoms with Gasteiger partial charge in [-0.25, -0.2) is 0 Å². The van der Waals surface area contributed by atoms with Gasteiger partial charge in [-0.3, -0.25) is 9.48 Å². The number of carbonyl (C=O) groups excluding carboxylic acids is 1. The van der Waals surface area contributed by atoms with Crippen LogP contribution in [0.1, 0.15) is 16.8 Å². The number of carbonyl (C=O) groups is 1. The molecule has 2 N–H and O–H groups in total. The van der Waals surface area contributed by atoms with Crippen LogP contribution in [0.4, 0.5) is 0 Å². The Labute approximate surface area is 153 Å². The van der Waals surface area contributed by atoms with E-state index < -0.39 is 0 Å². The SMILES string of the molecule is Cc1ccc2c(c1)c(CNC(=O)C1(Cc3ccccc3)CNC1)nn2C. The van der Waals surface area contributed by atoms with Gasteiger partial charge >= 0.3 is 0 Å². The Bertz CT molecular complexity index is 941. The first-order chi connectivity index (χ1) is 12.6. The molecule has 0 bridgehead atoms. The summed E-state index contributed by atoms with van der Waals surface area (Å²) in [6, 6.07) is 16.5. The van der Waals surface area contributed by atoms with Crippen LogP contribution < -0.4 is 10.6 Å². The van der Waals surface area contributed by atoms with Crippen LogP contribution in [-0.2, 0) is 24.8 Å². The molecule has 1 amide bonds. The van der Waals surface area contributed by atoms with E-state index in [9.17, 15) is 4.79 Å². The molecule has 1 fully saturated rings. The highest BCUT2D eigenvalue weighted by atomic mass is 16.2. The molecule has 0 radical (unpaired) electrons. The van der Waals surface area contributed by atoms with Crippen molar-refractivity contribution >= 4 is 16.8 Å². The van der Waals surface area contributed by atoms with Crippen molar-refractivity contribution < 1.29 is 4.79 Å². The van der Waals surface area contributed by atoms with Gasteiger partial charge in [0.15, 0.2) is 0 Å². The molecule has 0 atom stereocenters. The largest absolute Gasteiger partial charge is 0.350 e. The molecule has 4 rings (SSSR count). The van der Waals surface area contributed by atoms with Crippen LogP contribution in [0.15, 0.2) is 48.5 Å². The minimum absolute atomic E-state index is 0.103. The van der Waals surface area contributed by atoms with E-state index in [4.69, 9.17) is 0 Å². The molecule has 1 aliphatic rings. The van der Waals surface area contributed by atoms with Crippen molar-refractivity contribution in [3.05, 3.63) is 65.4 Å². The molecule has 0 saturated carbocycles. The van der Waals surface area contributed by atoms with Crippen LogP contribution in [0.2, 0.25) is 0 Å². The first-order valence-electron chi connectivity index (χ1n) is 9.03. The van der Waals surface area contributed by atoms with Gasteiger partial charge in [-0.1, -0.05) is 42.0 Å². The molecule has 5 nitrogen and oxygen atoms in total. The summed E-state index contributed by atoms with van der Waals surface area (Å²) in [6.45, 7) is 3.96. The van der Waals surface area contributed by atoms with E-state index in [1.54, 1.807) is 0 Å². The van der Waals surface area contributed by atoms with Crippen molar-refractivity contribution in [3.8, 4) is 0 Å². The molecule has 0 spiro atoms. The van der Waals surface area contributed by atoms with Crippen LogP contribution in [0.25, 0.3) is 10.9 Å². The van der Waals surface area contributed by atoms with Gasteiger partial charge < -0.3 is 10.6 Å². The van der Waals surface area contributed by atoms with Gasteiger partial charge in [0, 0.05) is 25.5 Å². The quantitative estimate of drug-likeness (QED) is 0.744. The van der Waals surface area contributed by atoms with Gasteiger partial charge in [0.1, 0.15) is 0 Å². The van der Waals surface area contributed by atoms with Gasteiger partial charge in [0.2, 0.25) is 5.91 Å². The van der Waals surface area contributed by atoms with E-state index in [2.05, 4.69) is 53.0 Å². The summed E-state index contributed by atoms with van der Waals surface area (Å²) in [5.74, 6) is 0.103. The fourth-order valence-electron chi connectivity index (χ4n) is 3.71. The molecule has 1 saturated heterocycles. The number of nitrogens with zero attached hydrogens (tertiary/aromatic N) is 2. The Balaban J connectivity index is 1.50. The Morgan fingerprint density at radius 2 is 2.00 bits per heavy atom. The molecular weight excluding hydrogens is 324 g/mol. The monoisotopic (exact) mass is 348 g/mol. The van der Waals surface area contributed by atoms with Crippen LogP contribution in [-0.4, -0.2) is 28.8 Å².